The van der Waals surface area contributed by atoms with Crippen LogP contribution in [0.15, 0.2) is 30.5 Å². The Kier molecular flexibility index (Phi) is 5.59. The van der Waals surface area contributed by atoms with Crippen molar-refractivity contribution in [3.05, 3.63) is 64.9 Å². The number of carbonyl (C=O) groups is 1. The number of likely N-dealkylation sites (tertiary alicyclic amines) is 1. The predicted octanol–water partition coefficient (Wildman–Crippen LogP) is 3.25. The topological polar surface area (TPSA) is 90.6 Å². The van der Waals surface area contributed by atoms with E-state index in [-0.39, 0.29) is 40.7 Å². The molecule has 3 heterocycles. The van der Waals surface area contributed by atoms with Crippen LogP contribution in [0, 0.1) is 25.1 Å². The minimum absolute atomic E-state index is 0.101. The Morgan fingerprint density at radius 1 is 1.31 bits per heavy atom. The zero-order chi connectivity index (χ0) is 23.0. The highest BCUT2D eigenvalue weighted by Gasteiger charge is 2.30. The summed E-state index contributed by atoms with van der Waals surface area (Å²) in [6, 6.07) is 5.13. The standard InChI is InChI=1S/C22H20F2N6O2/c1-12-19(22(31)29-7-6-14(25)11-29)28-20(13-4-5-18(26-2)16(23)8-13)30(12)15-9-17(24)21(32-3)27-10-15/h4-5,8-10,14H,6-7,11,25H2,1,3H3/t14-/m1/s1. The molecule has 1 amide bonds. The van der Waals surface area contributed by atoms with Gasteiger partial charge >= 0.3 is 0 Å². The van der Waals surface area contributed by atoms with Gasteiger partial charge < -0.3 is 15.4 Å². The Hall–Kier alpha value is -3.84. The molecule has 164 valence electrons. The molecule has 1 atom stereocenters. The van der Waals surface area contributed by atoms with Gasteiger partial charge in [-0.15, -0.1) is 0 Å². The lowest BCUT2D eigenvalue weighted by atomic mass is 10.2. The van der Waals surface area contributed by atoms with Gasteiger partial charge in [0, 0.05) is 30.8 Å². The van der Waals surface area contributed by atoms with Crippen LogP contribution in [-0.4, -0.2) is 51.6 Å². The molecule has 8 nitrogen and oxygen atoms in total. The van der Waals surface area contributed by atoms with Gasteiger partial charge in [-0.25, -0.2) is 23.6 Å². The first kappa shape index (κ1) is 21.4. The van der Waals surface area contributed by atoms with Gasteiger partial charge in [0.2, 0.25) is 11.6 Å². The molecule has 0 spiro atoms. The third-order valence-corrected chi connectivity index (χ3v) is 5.39. The Labute approximate surface area is 183 Å². The lowest BCUT2D eigenvalue weighted by Gasteiger charge is -2.15. The maximum absolute atomic E-state index is 14.4. The summed E-state index contributed by atoms with van der Waals surface area (Å²) in [5.74, 6) is -1.69. The van der Waals surface area contributed by atoms with Crippen LogP contribution >= 0.6 is 0 Å². The molecule has 1 aliphatic rings. The molecule has 0 bridgehead atoms. The number of hydrogen-bond acceptors (Lipinski definition) is 5. The van der Waals surface area contributed by atoms with E-state index >= 15 is 0 Å². The van der Waals surface area contributed by atoms with Gasteiger partial charge in [0.1, 0.15) is 17.3 Å². The smallest absolute Gasteiger partial charge is 0.274 e. The molecular formula is C22H20F2N6O2. The summed E-state index contributed by atoms with van der Waals surface area (Å²) in [6.45, 7) is 9.64. The molecule has 1 saturated heterocycles. The summed E-state index contributed by atoms with van der Waals surface area (Å²) < 4.78 is 35.2. The summed E-state index contributed by atoms with van der Waals surface area (Å²) in [5, 5.41) is 0. The molecule has 1 aromatic carbocycles. The molecule has 1 aliphatic heterocycles. The summed E-state index contributed by atoms with van der Waals surface area (Å²) in [4.78, 5) is 26.4. The van der Waals surface area contributed by atoms with E-state index in [1.165, 1.54) is 42.1 Å². The van der Waals surface area contributed by atoms with Gasteiger partial charge in [-0.2, -0.15) is 0 Å². The number of pyridine rings is 1. The van der Waals surface area contributed by atoms with Crippen molar-refractivity contribution < 1.29 is 18.3 Å². The van der Waals surface area contributed by atoms with Gasteiger partial charge in [0.15, 0.2) is 5.82 Å². The maximum Gasteiger partial charge on any atom is 0.274 e. The molecule has 1 fully saturated rings. The highest BCUT2D eigenvalue weighted by Crippen LogP contribution is 2.31. The van der Waals surface area contributed by atoms with Crippen LogP contribution in [0.2, 0.25) is 0 Å². The number of nitrogens with two attached hydrogens (primary N) is 1. The fourth-order valence-corrected chi connectivity index (χ4v) is 3.76. The molecule has 3 aromatic rings. The van der Waals surface area contributed by atoms with Gasteiger partial charge in [-0.05, 0) is 19.4 Å². The van der Waals surface area contributed by atoms with E-state index in [1.807, 2.05) is 0 Å². The first-order chi connectivity index (χ1) is 15.3. The molecule has 0 unspecified atom stereocenters. The van der Waals surface area contributed by atoms with Gasteiger partial charge in [-0.1, -0.05) is 12.1 Å². The summed E-state index contributed by atoms with van der Waals surface area (Å²) in [7, 11) is 1.30. The third kappa shape index (κ3) is 3.67. The van der Waals surface area contributed by atoms with E-state index in [0.717, 1.165) is 0 Å². The molecule has 2 aromatic heterocycles. The quantitative estimate of drug-likeness (QED) is 0.632. The van der Waals surface area contributed by atoms with E-state index in [2.05, 4.69) is 14.8 Å². The molecule has 0 aliphatic carbocycles. The molecule has 10 heteroatoms. The second kappa shape index (κ2) is 8.36. The number of rotatable bonds is 4. The zero-order valence-corrected chi connectivity index (χ0v) is 17.5. The maximum atomic E-state index is 14.4. The SMILES string of the molecule is [C-]#[N+]c1ccc(-c2nc(C(=O)N3CC[C@@H](N)C3)c(C)n2-c2cnc(OC)c(F)c2)cc1F. The van der Waals surface area contributed by atoms with Crippen LogP contribution in [-0.2, 0) is 0 Å². The van der Waals surface area contributed by atoms with Crippen molar-refractivity contribution >= 4 is 11.6 Å². The summed E-state index contributed by atoms with van der Waals surface area (Å²) in [6.07, 6.45) is 2.07. The van der Waals surface area contributed by atoms with Crippen LogP contribution in [0.3, 0.4) is 0 Å². The average Bonchev–Trinajstić information content (AvgIpc) is 3.36. The Morgan fingerprint density at radius 2 is 2.09 bits per heavy atom. The van der Waals surface area contributed by atoms with E-state index in [9.17, 15) is 13.6 Å². The number of aromatic nitrogens is 3. The number of carbonyl (C=O) groups excluding carboxylic acids is 1. The van der Waals surface area contributed by atoms with Crippen LogP contribution in [0.4, 0.5) is 14.5 Å². The average molecular weight is 438 g/mol. The Bertz CT molecular complexity index is 1250. The van der Waals surface area contributed by atoms with E-state index in [1.54, 1.807) is 11.8 Å². The molecule has 32 heavy (non-hydrogen) atoms. The van der Waals surface area contributed by atoms with Crippen molar-refractivity contribution in [3.63, 3.8) is 0 Å². The number of amides is 1. The number of hydrogen-bond donors (Lipinski definition) is 1. The second-order valence-corrected chi connectivity index (χ2v) is 7.47. The molecular weight excluding hydrogens is 418 g/mol. The van der Waals surface area contributed by atoms with Crippen molar-refractivity contribution in [2.75, 3.05) is 20.2 Å². The van der Waals surface area contributed by atoms with Crippen molar-refractivity contribution in [2.24, 2.45) is 5.73 Å². The van der Waals surface area contributed by atoms with E-state index in [4.69, 9.17) is 17.0 Å². The minimum Gasteiger partial charge on any atom is -0.479 e. The van der Waals surface area contributed by atoms with Crippen LogP contribution < -0.4 is 10.5 Å². The molecule has 0 radical (unpaired) electrons. The third-order valence-electron chi connectivity index (χ3n) is 5.39. The number of imidazole rings is 1. The largest absolute Gasteiger partial charge is 0.479 e. The minimum atomic E-state index is -0.720. The van der Waals surface area contributed by atoms with Crippen molar-refractivity contribution in [1.82, 2.24) is 19.4 Å². The lowest BCUT2D eigenvalue weighted by molar-refractivity contribution is 0.0785. The first-order valence-corrected chi connectivity index (χ1v) is 9.85. The summed E-state index contributed by atoms with van der Waals surface area (Å²) in [5.41, 5.74) is 7.00. The predicted molar refractivity (Wildman–Crippen MR) is 113 cm³/mol. The van der Waals surface area contributed by atoms with Crippen molar-refractivity contribution in [1.29, 1.82) is 0 Å². The number of nitrogens with zero attached hydrogens (tertiary/aromatic N) is 5. The molecule has 0 saturated carbocycles. The highest BCUT2D eigenvalue weighted by molar-refractivity contribution is 5.94. The van der Waals surface area contributed by atoms with Crippen LogP contribution in [0.25, 0.3) is 21.9 Å². The fourth-order valence-electron chi connectivity index (χ4n) is 3.76. The normalized spacial score (nSPS) is 15.6. The first-order valence-electron chi connectivity index (χ1n) is 9.85. The monoisotopic (exact) mass is 438 g/mol. The number of halogens is 2. The Balaban J connectivity index is 1.89. The van der Waals surface area contributed by atoms with Gasteiger partial charge in [0.25, 0.3) is 5.91 Å². The van der Waals surface area contributed by atoms with Gasteiger partial charge in [0.05, 0.1) is 31.3 Å². The van der Waals surface area contributed by atoms with Crippen molar-refractivity contribution in [3.8, 4) is 23.0 Å². The number of benzene rings is 1. The second-order valence-electron chi connectivity index (χ2n) is 7.47. The van der Waals surface area contributed by atoms with Crippen LogP contribution in [0.5, 0.6) is 5.88 Å². The van der Waals surface area contributed by atoms with Crippen molar-refractivity contribution in [2.45, 2.75) is 19.4 Å². The number of ether oxygens (including phenoxy) is 1. The van der Waals surface area contributed by atoms with Crippen LogP contribution in [0.1, 0.15) is 22.6 Å². The van der Waals surface area contributed by atoms with Gasteiger partial charge in [-0.3, -0.25) is 9.36 Å². The van der Waals surface area contributed by atoms with E-state index in [0.29, 0.717) is 30.8 Å². The summed E-state index contributed by atoms with van der Waals surface area (Å²) >= 11 is 0. The lowest BCUT2D eigenvalue weighted by Crippen LogP contribution is -2.32. The number of methoxy groups -OCH3 is 1. The Morgan fingerprint density at radius 3 is 2.69 bits per heavy atom. The van der Waals surface area contributed by atoms with E-state index < -0.39 is 11.6 Å². The zero-order valence-electron chi connectivity index (χ0n) is 17.5. The fraction of sp³-hybridized carbons (Fsp3) is 0.273. The molecule has 2 N–H and O–H groups in total. The molecule has 4 rings (SSSR count). The highest BCUT2D eigenvalue weighted by atomic mass is 19.1.